The van der Waals surface area contributed by atoms with Crippen molar-refractivity contribution >= 4 is 0 Å². The highest BCUT2D eigenvalue weighted by Gasteiger charge is 2.44. The first-order valence-electron chi connectivity index (χ1n) is 10.4. The van der Waals surface area contributed by atoms with Gasteiger partial charge < -0.3 is 0 Å². The van der Waals surface area contributed by atoms with E-state index >= 15 is 0 Å². The summed E-state index contributed by atoms with van der Waals surface area (Å²) in [6, 6.07) is 9.79. The summed E-state index contributed by atoms with van der Waals surface area (Å²) in [5.74, 6) is 5.28. The third-order valence-electron chi connectivity index (χ3n) is 7.46. The largest absolute Gasteiger partial charge is 0.0853 e. The van der Waals surface area contributed by atoms with Crippen LogP contribution >= 0.6 is 0 Å². The molecule has 1 aromatic carbocycles. The van der Waals surface area contributed by atoms with Crippen molar-refractivity contribution < 1.29 is 0 Å². The molecule has 0 amide bonds. The summed E-state index contributed by atoms with van der Waals surface area (Å²) in [4.78, 5) is 0. The number of rotatable bonds is 3. The monoisotopic (exact) mass is 322 g/mol. The topological polar surface area (TPSA) is 0 Å². The van der Waals surface area contributed by atoms with Crippen LogP contribution < -0.4 is 0 Å². The predicted octanol–water partition coefficient (Wildman–Crippen LogP) is 7.08. The molecule has 0 spiro atoms. The SMILES string of the molecule is CC1=CCC2C(CC[C@H](C3CCC3)C2c2ccc(C(C)C)cc2)C1. The second-order valence-corrected chi connectivity index (χ2v) is 9.19. The van der Waals surface area contributed by atoms with Crippen molar-refractivity contribution in [2.24, 2.45) is 23.7 Å². The van der Waals surface area contributed by atoms with Crippen LogP contribution in [0.2, 0.25) is 0 Å². The van der Waals surface area contributed by atoms with Crippen molar-refractivity contribution in [3.63, 3.8) is 0 Å². The van der Waals surface area contributed by atoms with Gasteiger partial charge in [0.15, 0.2) is 0 Å². The fourth-order valence-electron chi connectivity index (χ4n) is 5.83. The normalized spacial score (nSPS) is 33.8. The number of allylic oxidation sites excluding steroid dienone is 2. The molecule has 4 atom stereocenters. The molecule has 0 aliphatic heterocycles. The first-order valence-corrected chi connectivity index (χ1v) is 10.4. The Morgan fingerprint density at radius 2 is 1.62 bits per heavy atom. The van der Waals surface area contributed by atoms with E-state index in [-0.39, 0.29) is 0 Å². The molecule has 0 N–H and O–H groups in total. The molecule has 3 aliphatic rings. The second kappa shape index (κ2) is 6.70. The fraction of sp³-hybridized carbons (Fsp3) is 0.667. The molecule has 0 aromatic heterocycles. The average Bonchev–Trinajstić information content (AvgIpc) is 2.53. The van der Waals surface area contributed by atoms with Crippen LogP contribution in [0.5, 0.6) is 0 Å². The van der Waals surface area contributed by atoms with E-state index in [0.29, 0.717) is 5.92 Å². The second-order valence-electron chi connectivity index (χ2n) is 9.19. The molecule has 0 bridgehead atoms. The summed E-state index contributed by atoms with van der Waals surface area (Å²) < 4.78 is 0. The van der Waals surface area contributed by atoms with Crippen LogP contribution in [-0.4, -0.2) is 0 Å². The van der Waals surface area contributed by atoms with Crippen LogP contribution in [0.25, 0.3) is 0 Å². The van der Waals surface area contributed by atoms with Crippen molar-refractivity contribution in [1.29, 1.82) is 0 Å². The lowest BCUT2D eigenvalue weighted by Gasteiger charge is -2.50. The van der Waals surface area contributed by atoms with E-state index in [9.17, 15) is 0 Å². The van der Waals surface area contributed by atoms with Gasteiger partial charge in [-0.3, -0.25) is 0 Å². The molecule has 4 rings (SSSR count). The summed E-state index contributed by atoms with van der Waals surface area (Å²) >= 11 is 0. The minimum absolute atomic E-state index is 0.640. The Labute approximate surface area is 148 Å². The Hall–Kier alpha value is -1.04. The fourth-order valence-corrected chi connectivity index (χ4v) is 5.83. The van der Waals surface area contributed by atoms with Crippen molar-refractivity contribution in [1.82, 2.24) is 0 Å². The quantitative estimate of drug-likeness (QED) is 0.522. The summed E-state index contributed by atoms with van der Waals surface area (Å²) in [7, 11) is 0. The van der Waals surface area contributed by atoms with Gasteiger partial charge in [0.25, 0.3) is 0 Å². The Balaban J connectivity index is 1.65. The lowest BCUT2D eigenvalue weighted by molar-refractivity contribution is 0.0635. The molecule has 0 heterocycles. The van der Waals surface area contributed by atoms with E-state index in [4.69, 9.17) is 0 Å². The maximum atomic E-state index is 2.56. The maximum Gasteiger partial charge on any atom is -0.00969 e. The zero-order chi connectivity index (χ0) is 16.7. The molecule has 0 heteroatoms. The van der Waals surface area contributed by atoms with Crippen LogP contribution in [0, 0.1) is 23.7 Å². The van der Waals surface area contributed by atoms with Crippen LogP contribution in [-0.2, 0) is 0 Å². The summed E-state index contributed by atoms with van der Waals surface area (Å²) in [5.41, 5.74) is 4.79. The number of fused-ring (bicyclic) bond motifs is 1. The van der Waals surface area contributed by atoms with Crippen molar-refractivity contribution in [2.75, 3.05) is 0 Å². The van der Waals surface area contributed by atoms with Gasteiger partial charge in [0.1, 0.15) is 0 Å². The third kappa shape index (κ3) is 2.98. The minimum Gasteiger partial charge on any atom is -0.0853 e. The predicted molar refractivity (Wildman–Crippen MR) is 103 cm³/mol. The third-order valence-corrected chi connectivity index (χ3v) is 7.46. The van der Waals surface area contributed by atoms with Gasteiger partial charge in [0.05, 0.1) is 0 Å². The van der Waals surface area contributed by atoms with Gasteiger partial charge in [-0.1, -0.05) is 69.0 Å². The van der Waals surface area contributed by atoms with Crippen LogP contribution in [0.1, 0.15) is 88.7 Å². The molecule has 130 valence electrons. The minimum atomic E-state index is 0.640. The summed E-state index contributed by atoms with van der Waals surface area (Å²) in [6.07, 6.45) is 12.7. The van der Waals surface area contributed by atoms with Gasteiger partial charge in [0, 0.05) is 0 Å². The lowest BCUT2D eigenvalue weighted by atomic mass is 9.55. The number of hydrogen-bond acceptors (Lipinski definition) is 0. The maximum absolute atomic E-state index is 2.56. The highest BCUT2D eigenvalue weighted by atomic mass is 14.5. The van der Waals surface area contributed by atoms with Crippen LogP contribution in [0.3, 0.4) is 0 Å². The van der Waals surface area contributed by atoms with E-state index in [2.05, 4.69) is 51.1 Å². The zero-order valence-electron chi connectivity index (χ0n) is 15.8. The summed E-state index contributed by atoms with van der Waals surface area (Å²) in [6.45, 7) is 6.95. The lowest BCUT2D eigenvalue weighted by Crippen LogP contribution is -2.39. The van der Waals surface area contributed by atoms with Gasteiger partial charge in [-0.15, -0.1) is 0 Å². The average molecular weight is 323 g/mol. The van der Waals surface area contributed by atoms with E-state index in [1.807, 2.05) is 0 Å². The van der Waals surface area contributed by atoms with Crippen molar-refractivity contribution in [2.45, 2.75) is 77.6 Å². The standard InChI is InChI=1S/C24H34/c1-16(2)18-8-10-20(11-9-18)24-22(19-5-4-6-19)14-12-21-15-17(3)7-13-23(21)24/h7-11,16,19,21-24H,4-6,12-15H2,1-3H3/t21?,22-,23?,24?/m1/s1. The molecule has 1 aromatic rings. The van der Waals surface area contributed by atoms with E-state index in [1.165, 1.54) is 50.5 Å². The molecule has 24 heavy (non-hydrogen) atoms. The van der Waals surface area contributed by atoms with Gasteiger partial charge in [0.2, 0.25) is 0 Å². The molecule has 0 nitrogen and oxygen atoms in total. The number of hydrogen-bond donors (Lipinski definition) is 0. The zero-order valence-corrected chi connectivity index (χ0v) is 15.8. The molecule has 2 fully saturated rings. The molecule has 2 saturated carbocycles. The Morgan fingerprint density at radius 1 is 0.875 bits per heavy atom. The van der Waals surface area contributed by atoms with E-state index in [0.717, 1.165) is 29.6 Å². The van der Waals surface area contributed by atoms with Crippen LogP contribution in [0.4, 0.5) is 0 Å². The smallest absolute Gasteiger partial charge is 0.00969 e. The number of benzene rings is 1. The van der Waals surface area contributed by atoms with Gasteiger partial charge in [-0.25, -0.2) is 0 Å². The molecule has 3 aliphatic carbocycles. The molecular formula is C24H34. The van der Waals surface area contributed by atoms with Crippen molar-refractivity contribution in [3.05, 3.63) is 47.0 Å². The molecule has 3 unspecified atom stereocenters. The van der Waals surface area contributed by atoms with Gasteiger partial charge in [-0.2, -0.15) is 0 Å². The van der Waals surface area contributed by atoms with E-state index < -0.39 is 0 Å². The molecule has 0 radical (unpaired) electrons. The highest BCUT2D eigenvalue weighted by Crippen LogP contribution is 2.55. The van der Waals surface area contributed by atoms with Crippen LogP contribution in [0.15, 0.2) is 35.9 Å². The Kier molecular flexibility index (Phi) is 4.58. The highest BCUT2D eigenvalue weighted by molar-refractivity contribution is 5.30. The first-order chi connectivity index (χ1) is 11.6. The molecular weight excluding hydrogens is 288 g/mol. The Morgan fingerprint density at radius 3 is 2.25 bits per heavy atom. The first kappa shape index (κ1) is 16.4. The van der Waals surface area contributed by atoms with Gasteiger partial charge >= 0.3 is 0 Å². The summed E-state index contributed by atoms with van der Waals surface area (Å²) in [5, 5.41) is 0. The Bertz CT molecular complexity index is 587. The van der Waals surface area contributed by atoms with Gasteiger partial charge in [-0.05, 0) is 79.2 Å². The molecule has 0 saturated heterocycles. The van der Waals surface area contributed by atoms with Crippen molar-refractivity contribution in [3.8, 4) is 0 Å². The van der Waals surface area contributed by atoms with E-state index in [1.54, 1.807) is 11.1 Å².